The lowest BCUT2D eigenvalue weighted by Crippen LogP contribution is -2.31. The van der Waals surface area contributed by atoms with Gasteiger partial charge in [0.25, 0.3) is 0 Å². The van der Waals surface area contributed by atoms with Crippen molar-refractivity contribution in [3.05, 3.63) is 30.1 Å². The number of ether oxygens (including phenoxy) is 1. The van der Waals surface area contributed by atoms with Gasteiger partial charge in [-0.15, -0.1) is 0 Å². The first-order chi connectivity index (χ1) is 11.3. The number of imidazole rings is 1. The number of H-pyrrole nitrogens is 1. The van der Waals surface area contributed by atoms with E-state index in [2.05, 4.69) is 4.98 Å². The van der Waals surface area contributed by atoms with Crippen LogP contribution in [0.25, 0.3) is 11.0 Å². The monoisotopic (exact) mass is 313 g/mol. The topological polar surface area (TPSA) is 58.2 Å². The van der Waals surface area contributed by atoms with Gasteiger partial charge in [-0.3, -0.25) is 4.79 Å². The lowest BCUT2D eigenvalue weighted by molar-refractivity contribution is -0.132. The van der Waals surface area contributed by atoms with Crippen molar-refractivity contribution in [3.8, 4) is 0 Å². The average molecular weight is 313 g/mol. The molecule has 2 saturated heterocycles. The number of likely N-dealkylation sites (tertiary alicyclic amines) is 1. The van der Waals surface area contributed by atoms with E-state index in [1.165, 1.54) is 0 Å². The molecule has 4 rings (SSSR count). The molecule has 2 fully saturated rings. The van der Waals surface area contributed by atoms with Gasteiger partial charge in [0.2, 0.25) is 5.91 Å². The number of rotatable bonds is 4. The summed E-state index contributed by atoms with van der Waals surface area (Å²) in [6.45, 7) is 1.69. The maximum absolute atomic E-state index is 12.6. The summed E-state index contributed by atoms with van der Waals surface area (Å²) < 4.78 is 5.63. The number of fused-ring (bicyclic) bond motifs is 1. The third-order valence-corrected chi connectivity index (χ3v) is 5.00. The molecule has 5 nitrogen and oxygen atoms in total. The van der Waals surface area contributed by atoms with Gasteiger partial charge in [0, 0.05) is 19.6 Å². The number of nitrogens with one attached hydrogen (secondary N) is 1. The van der Waals surface area contributed by atoms with Crippen LogP contribution < -0.4 is 0 Å². The van der Waals surface area contributed by atoms with Gasteiger partial charge in [-0.05, 0) is 44.2 Å². The first-order valence-electron chi connectivity index (χ1n) is 8.67. The number of aromatic amines is 1. The molecule has 3 heterocycles. The zero-order valence-corrected chi connectivity index (χ0v) is 13.3. The molecule has 0 bridgehead atoms. The zero-order valence-electron chi connectivity index (χ0n) is 13.3. The summed E-state index contributed by atoms with van der Waals surface area (Å²) in [5.41, 5.74) is 2.02. The normalized spacial score (nSPS) is 24.6. The molecule has 0 saturated carbocycles. The molecule has 0 spiro atoms. The van der Waals surface area contributed by atoms with Gasteiger partial charge in [0.15, 0.2) is 0 Å². The quantitative estimate of drug-likeness (QED) is 0.943. The Hall–Kier alpha value is -1.88. The van der Waals surface area contributed by atoms with E-state index in [0.29, 0.717) is 6.42 Å². The van der Waals surface area contributed by atoms with Crippen LogP contribution in [0.4, 0.5) is 0 Å². The lowest BCUT2D eigenvalue weighted by Gasteiger charge is -2.23. The van der Waals surface area contributed by atoms with E-state index >= 15 is 0 Å². The van der Waals surface area contributed by atoms with E-state index in [4.69, 9.17) is 9.72 Å². The molecule has 1 N–H and O–H groups in total. The summed E-state index contributed by atoms with van der Waals surface area (Å²) >= 11 is 0. The molecule has 2 aromatic rings. The molecular weight excluding hydrogens is 290 g/mol. The molecule has 5 heteroatoms. The van der Waals surface area contributed by atoms with Gasteiger partial charge >= 0.3 is 0 Å². The van der Waals surface area contributed by atoms with Crippen LogP contribution in [0, 0.1) is 0 Å². The Kier molecular flexibility index (Phi) is 4.04. The van der Waals surface area contributed by atoms with E-state index in [1.54, 1.807) is 0 Å². The van der Waals surface area contributed by atoms with Crippen molar-refractivity contribution in [2.45, 2.75) is 50.7 Å². The predicted molar refractivity (Wildman–Crippen MR) is 88.0 cm³/mol. The van der Waals surface area contributed by atoms with Gasteiger partial charge in [0.05, 0.1) is 23.2 Å². The molecule has 0 radical (unpaired) electrons. The Morgan fingerprint density at radius 1 is 1.30 bits per heavy atom. The number of aromatic nitrogens is 2. The van der Waals surface area contributed by atoms with Crippen molar-refractivity contribution in [1.29, 1.82) is 0 Å². The zero-order chi connectivity index (χ0) is 15.6. The van der Waals surface area contributed by atoms with Crippen molar-refractivity contribution >= 4 is 16.9 Å². The largest absolute Gasteiger partial charge is 0.378 e. The van der Waals surface area contributed by atoms with E-state index in [9.17, 15) is 4.79 Å². The van der Waals surface area contributed by atoms with E-state index in [0.717, 1.165) is 62.1 Å². The van der Waals surface area contributed by atoms with Crippen LogP contribution in [-0.4, -0.2) is 40.0 Å². The minimum Gasteiger partial charge on any atom is -0.378 e. The molecular formula is C18H23N3O2. The molecule has 1 amide bonds. The fourth-order valence-corrected chi connectivity index (χ4v) is 3.78. The smallest absolute Gasteiger partial charge is 0.223 e. The predicted octanol–water partition coefficient (Wildman–Crippen LogP) is 3.19. The second-order valence-corrected chi connectivity index (χ2v) is 6.56. The Labute approximate surface area is 136 Å². The van der Waals surface area contributed by atoms with Crippen LogP contribution in [0.2, 0.25) is 0 Å². The number of hydrogen-bond acceptors (Lipinski definition) is 3. The van der Waals surface area contributed by atoms with Gasteiger partial charge in [-0.1, -0.05) is 12.1 Å². The summed E-state index contributed by atoms with van der Waals surface area (Å²) in [7, 11) is 0. The fraction of sp³-hybridized carbons (Fsp3) is 0.556. The molecule has 122 valence electrons. The Morgan fingerprint density at radius 3 is 3.04 bits per heavy atom. The molecule has 0 aliphatic carbocycles. The minimum atomic E-state index is 0.0967. The second-order valence-electron chi connectivity index (χ2n) is 6.56. The first kappa shape index (κ1) is 14.7. The van der Waals surface area contributed by atoms with Crippen LogP contribution in [0.3, 0.4) is 0 Å². The highest BCUT2D eigenvalue weighted by molar-refractivity contribution is 5.78. The maximum Gasteiger partial charge on any atom is 0.223 e. The highest BCUT2D eigenvalue weighted by atomic mass is 16.5. The minimum absolute atomic E-state index is 0.0967. The molecule has 1 aromatic heterocycles. The lowest BCUT2D eigenvalue weighted by atomic mass is 10.1. The molecule has 2 unspecified atom stereocenters. The maximum atomic E-state index is 12.6. The number of nitrogens with zero attached hydrogens (tertiary/aromatic N) is 2. The third-order valence-electron chi connectivity index (χ3n) is 5.00. The summed E-state index contributed by atoms with van der Waals surface area (Å²) in [4.78, 5) is 22.7. The summed E-state index contributed by atoms with van der Waals surface area (Å²) in [5.74, 6) is 1.16. The Morgan fingerprint density at radius 2 is 2.22 bits per heavy atom. The number of para-hydroxylation sites is 2. The van der Waals surface area contributed by atoms with Crippen molar-refractivity contribution in [2.75, 3.05) is 13.2 Å². The average Bonchev–Trinajstić information content (AvgIpc) is 3.31. The van der Waals surface area contributed by atoms with Gasteiger partial charge in [-0.25, -0.2) is 4.98 Å². The fourth-order valence-electron chi connectivity index (χ4n) is 3.78. The van der Waals surface area contributed by atoms with E-state index in [1.807, 2.05) is 29.2 Å². The van der Waals surface area contributed by atoms with Crippen LogP contribution in [0.1, 0.15) is 50.4 Å². The Balaban J connectivity index is 1.46. The molecule has 2 aliphatic heterocycles. The number of carbonyl (C=O) groups excluding carboxylic acids is 1. The van der Waals surface area contributed by atoms with E-state index < -0.39 is 0 Å². The standard InChI is InChI=1S/C18H23N3O2/c22-17(10-9-13-5-4-12-23-13)21-11-3-8-16(21)18-19-14-6-1-2-7-15(14)20-18/h1-2,6-7,13,16H,3-5,8-12H2,(H,19,20). The second kappa shape index (κ2) is 6.32. The third kappa shape index (κ3) is 2.98. The van der Waals surface area contributed by atoms with E-state index in [-0.39, 0.29) is 18.1 Å². The van der Waals surface area contributed by atoms with Crippen LogP contribution in [0.15, 0.2) is 24.3 Å². The summed E-state index contributed by atoms with van der Waals surface area (Å²) in [6.07, 6.45) is 5.98. The number of carbonyl (C=O) groups is 1. The molecule has 23 heavy (non-hydrogen) atoms. The van der Waals surface area contributed by atoms with Crippen molar-refractivity contribution in [3.63, 3.8) is 0 Å². The molecule has 2 atom stereocenters. The summed E-state index contributed by atoms with van der Waals surface area (Å²) in [6, 6.07) is 8.13. The van der Waals surface area contributed by atoms with Crippen LogP contribution in [-0.2, 0) is 9.53 Å². The summed E-state index contributed by atoms with van der Waals surface area (Å²) in [5, 5.41) is 0. The van der Waals surface area contributed by atoms with Gasteiger partial charge in [-0.2, -0.15) is 0 Å². The number of amides is 1. The molecule has 1 aromatic carbocycles. The van der Waals surface area contributed by atoms with Crippen LogP contribution >= 0.6 is 0 Å². The highest BCUT2D eigenvalue weighted by Gasteiger charge is 2.32. The number of hydrogen-bond donors (Lipinski definition) is 1. The highest BCUT2D eigenvalue weighted by Crippen LogP contribution is 2.32. The van der Waals surface area contributed by atoms with Gasteiger partial charge < -0.3 is 14.6 Å². The van der Waals surface area contributed by atoms with Crippen molar-refractivity contribution in [2.24, 2.45) is 0 Å². The SMILES string of the molecule is O=C(CCC1CCCO1)N1CCCC1c1nc2ccccc2[nH]1. The van der Waals surface area contributed by atoms with Crippen LogP contribution in [0.5, 0.6) is 0 Å². The first-order valence-corrected chi connectivity index (χ1v) is 8.67. The number of benzene rings is 1. The van der Waals surface area contributed by atoms with Gasteiger partial charge in [0.1, 0.15) is 5.82 Å². The Bertz CT molecular complexity index is 657. The van der Waals surface area contributed by atoms with Crippen molar-refractivity contribution in [1.82, 2.24) is 14.9 Å². The van der Waals surface area contributed by atoms with Crippen molar-refractivity contribution < 1.29 is 9.53 Å². The molecule has 2 aliphatic rings.